The highest BCUT2D eigenvalue weighted by atomic mass is 16.5. The van der Waals surface area contributed by atoms with Crippen LogP contribution in [0.25, 0.3) is 0 Å². The minimum atomic E-state index is -0.571. The molecule has 0 bridgehead atoms. The summed E-state index contributed by atoms with van der Waals surface area (Å²) in [7, 11) is 1.78. The van der Waals surface area contributed by atoms with Crippen molar-refractivity contribution >= 4 is 17.6 Å². The van der Waals surface area contributed by atoms with Crippen LogP contribution in [0.3, 0.4) is 0 Å². The van der Waals surface area contributed by atoms with Crippen molar-refractivity contribution in [3.63, 3.8) is 0 Å². The van der Waals surface area contributed by atoms with E-state index in [1.165, 1.54) is 6.92 Å². The Labute approximate surface area is 164 Å². The number of nitrogens with one attached hydrogen (secondary N) is 2. The molecule has 2 aromatic heterocycles. The molecule has 2 amide bonds. The highest BCUT2D eigenvalue weighted by Crippen LogP contribution is 2.34. The van der Waals surface area contributed by atoms with Gasteiger partial charge in [0.15, 0.2) is 5.82 Å². The fraction of sp³-hybridized carbons (Fsp3) is 0.632. The molecule has 0 aliphatic heterocycles. The van der Waals surface area contributed by atoms with Crippen LogP contribution in [0.2, 0.25) is 0 Å². The van der Waals surface area contributed by atoms with Gasteiger partial charge in [0.2, 0.25) is 17.7 Å². The van der Waals surface area contributed by atoms with Crippen molar-refractivity contribution in [1.82, 2.24) is 25.2 Å². The first-order valence-electron chi connectivity index (χ1n) is 9.80. The number of aryl methyl sites for hydroxylation is 3. The minimum Gasteiger partial charge on any atom is -0.343 e. The molecule has 2 N–H and O–H groups in total. The lowest BCUT2D eigenvalue weighted by molar-refractivity contribution is -0.121. The van der Waals surface area contributed by atoms with E-state index in [0.717, 1.165) is 44.2 Å². The van der Waals surface area contributed by atoms with E-state index in [1.807, 2.05) is 13.0 Å². The van der Waals surface area contributed by atoms with Gasteiger partial charge >= 0.3 is 0 Å². The second-order valence-electron chi connectivity index (χ2n) is 7.53. The Morgan fingerprint density at radius 3 is 2.57 bits per heavy atom. The van der Waals surface area contributed by atoms with Crippen molar-refractivity contribution < 1.29 is 14.1 Å². The summed E-state index contributed by atoms with van der Waals surface area (Å²) in [4.78, 5) is 28.5. The summed E-state index contributed by atoms with van der Waals surface area (Å²) < 4.78 is 7.01. The lowest BCUT2D eigenvalue weighted by Crippen LogP contribution is -2.45. The molecule has 0 atom stereocenters. The third-order valence-electron chi connectivity index (χ3n) is 5.10. The molecule has 28 heavy (non-hydrogen) atoms. The van der Waals surface area contributed by atoms with Gasteiger partial charge < -0.3 is 15.2 Å². The molecule has 0 aromatic carbocycles. The highest BCUT2D eigenvalue weighted by Gasteiger charge is 2.38. The van der Waals surface area contributed by atoms with Gasteiger partial charge in [0.05, 0.1) is 5.69 Å². The molecule has 1 aliphatic carbocycles. The lowest BCUT2D eigenvalue weighted by atomic mass is 9.89. The van der Waals surface area contributed by atoms with Crippen LogP contribution in [-0.4, -0.2) is 31.7 Å². The molecule has 1 aliphatic rings. The van der Waals surface area contributed by atoms with Crippen molar-refractivity contribution in [2.45, 2.75) is 70.8 Å². The average Bonchev–Trinajstić information content (AvgIpc) is 3.14. The largest absolute Gasteiger partial charge is 0.343 e. The van der Waals surface area contributed by atoms with Crippen molar-refractivity contribution in [2.75, 3.05) is 5.32 Å². The molecule has 0 unspecified atom stereocenters. The first-order chi connectivity index (χ1) is 13.4. The number of hydrogen-bond donors (Lipinski definition) is 2. The summed E-state index contributed by atoms with van der Waals surface area (Å²) in [6.45, 7) is 3.38. The van der Waals surface area contributed by atoms with Gasteiger partial charge in [-0.25, -0.2) is 0 Å². The summed E-state index contributed by atoms with van der Waals surface area (Å²) in [6, 6.07) is 1.81. The topological polar surface area (TPSA) is 115 Å². The molecule has 152 valence electrons. The van der Waals surface area contributed by atoms with Gasteiger partial charge in [-0.3, -0.25) is 14.3 Å². The van der Waals surface area contributed by atoms with Gasteiger partial charge in [0.25, 0.3) is 0 Å². The molecular formula is C19H28N6O3. The molecule has 9 nitrogen and oxygen atoms in total. The van der Waals surface area contributed by atoms with E-state index < -0.39 is 5.54 Å². The van der Waals surface area contributed by atoms with Crippen molar-refractivity contribution in [3.8, 4) is 0 Å². The summed E-state index contributed by atoms with van der Waals surface area (Å²) in [5.74, 6) is 1.33. The third-order valence-corrected chi connectivity index (χ3v) is 5.10. The van der Waals surface area contributed by atoms with Gasteiger partial charge in [0, 0.05) is 32.9 Å². The molecule has 1 fully saturated rings. The number of amides is 2. The predicted octanol–water partition coefficient (Wildman–Crippen LogP) is 2.37. The standard InChI is InChI=1S/C19H28N6O3/c1-13-12-15(25(3)23-13)20-16(27)8-9-17-21-18(24-28-17)19(22-14(2)26)10-6-4-5-7-11-19/h12H,4-11H2,1-3H3,(H,20,27)(H,22,26). The van der Waals surface area contributed by atoms with Crippen LogP contribution in [0, 0.1) is 6.92 Å². The number of rotatable bonds is 6. The normalized spacial score (nSPS) is 16.4. The quantitative estimate of drug-likeness (QED) is 0.734. The van der Waals surface area contributed by atoms with E-state index in [2.05, 4.69) is 25.9 Å². The summed E-state index contributed by atoms with van der Waals surface area (Å²) >= 11 is 0. The summed E-state index contributed by atoms with van der Waals surface area (Å²) in [5, 5.41) is 14.2. The predicted molar refractivity (Wildman–Crippen MR) is 102 cm³/mol. The van der Waals surface area contributed by atoms with Gasteiger partial charge in [0.1, 0.15) is 11.4 Å². The van der Waals surface area contributed by atoms with Crippen LogP contribution in [0.15, 0.2) is 10.6 Å². The second kappa shape index (κ2) is 8.53. The fourth-order valence-electron chi connectivity index (χ4n) is 3.78. The monoisotopic (exact) mass is 388 g/mol. The zero-order valence-corrected chi connectivity index (χ0v) is 16.7. The van der Waals surface area contributed by atoms with E-state index in [4.69, 9.17) is 4.52 Å². The van der Waals surface area contributed by atoms with Gasteiger partial charge in [-0.05, 0) is 19.8 Å². The molecular weight excluding hydrogens is 360 g/mol. The first kappa shape index (κ1) is 20.0. The fourth-order valence-corrected chi connectivity index (χ4v) is 3.78. The van der Waals surface area contributed by atoms with E-state index in [1.54, 1.807) is 11.7 Å². The molecule has 0 radical (unpaired) electrons. The maximum Gasteiger partial charge on any atom is 0.227 e. The van der Waals surface area contributed by atoms with Crippen LogP contribution in [0.4, 0.5) is 5.82 Å². The zero-order valence-electron chi connectivity index (χ0n) is 16.7. The van der Waals surface area contributed by atoms with Crippen molar-refractivity contribution in [2.24, 2.45) is 7.05 Å². The number of hydrogen-bond acceptors (Lipinski definition) is 6. The Morgan fingerprint density at radius 1 is 1.25 bits per heavy atom. The van der Waals surface area contributed by atoms with E-state index in [0.29, 0.717) is 24.0 Å². The summed E-state index contributed by atoms with van der Waals surface area (Å²) in [5.41, 5.74) is 0.268. The Morgan fingerprint density at radius 2 is 1.96 bits per heavy atom. The molecule has 2 heterocycles. The maximum absolute atomic E-state index is 12.2. The summed E-state index contributed by atoms with van der Waals surface area (Å²) in [6.07, 6.45) is 6.45. The average molecular weight is 388 g/mol. The Hall–Kier alpha value is -2.71. The molecule has 9 heteroatoms. The van der Waals surface area contributed by atoms with Crippen molar-refractivity contribution in [1.29, 1.82) is 0 Å². The smallest absolute Gasteiger partial charge is 0.227 e. The number of aromatic nitrogens is 4. The number of carbonyl (C=O) groups is 2. The number of carbonyl (C=O) groups excluding carboxylic acids is 2. The molecule has 1 saturated carbocycles. The Bertz CT molecular complexity index is 833. The highest BCUT2D eigenvalue weighted by molar-refractivity contribution is 5.89. The van der Waals surface area contributed by atoms with Crippen LogP contribution < -0.4 is 10.6 Å². The Kier molecular flexibility index (Phi) is 6.11. The maximum atomic E-state index is 12.2. The van der Waals surface area contributed by atoms with Gasteiger partial charge in [-0.1, -0.05) is 30.8 Å². The van der Waals surface area contributed by atoms with E-state index >= 15 is 0 Å². The van der Waals surface area contributed by atoms with Gasteiger partial charge in [-0.2, -0.15) is 10.1 Å². The van der Waals surface area contributed by atoms with Crippen LogP contribution in [-0.2, 0) is 28.6 Å². The number of nitrogens with zero attached hydrogens (tertiary/aromatic N) is 4. The van der Waals surface area contributed by atoms with E-state index in [9.17, 15) is 9.59 Å². The van der Waals surface area contributed by atoms with Gasteiger partial charge in [-0.15, -0.1) is 0 Å². The van der Waals surface area contributed by atoms with Crippen molar-refractivity contribution in [3.05, 3.63) is 23.5 Å². The van der Waals surface area contributed by atoms with Crippen LogP contribution in [0.5, 0.6) is 0 Å². The molecule has 0 spiro atoms. The van der Waals surface area contributed by atoms with E-state index in [-0.39, 0.29) is 18.2 Å². The van der Waals surface area contributed by atoms with Crippen LogP contribution in [0.1, 0.15) is 69.3 Å². The second-order valence-corrected chi connectivity index (χ2v) is 7.53. The lowest BCUT2D eigenvalue weighted by Gasteiger charge is -2.30. The number of anilines is 1. The zero-order chi connectivity index (χ0) is 20.1. The minimum absolute atomic E-state index is 0.0981. The molecule has 0 saturated heterocycles. The Balaban J connectivity index is 1.64. The third kappa shape index (κ3) is 4.76. The molecule has 3 rings (SSSR count). The van der Waals surface area contributed by atoms with Crippen LogP contribution >= 0.6 is 0 Å². The SMILES string of the molecule is CC(=O)NC1(c2noc(CCC(=O)Nc3cc(C)nn3C)n2)CCCCCC1. The molecule has 2 aromatic rings. The first-order valence-corrected chi connectivity index (χ1v) is 9.80.